The number of rotatable bonds is 2. The van der Waals surface area contributed by atoms with E-state index in [4.69, 9.17) is 41.1 Å². The lowest BCUT2D eigenvalue weighted by molar-refractivity contribution is 0.590. The summed E-state index contributed by atoms with van der Waals surface area (Å²) in [6, 6.07) is -27.1. The molecule has 0 N–H and O–H groups in total. The van der Waals surface area contributed by atoms with E-state index in [9.17, 15) is 21.9 Å². The minimum absolute atomic E-state index is 0.0118. The van der Waals surface area contributed by atoms with Crippen molar-refractivity contribution < 1.29 is 63.1 Å². The van der Waals surface area contributed by atoms with Gasteiger partial charge in [-0.25, -0.2) is 0 Å². The Labute approximate surface area is 367 Å². The molecule has 2 aliphatic heterocycles. The fourth-order valence-corrected chi connectivity index (χ4v) is 5.62. The Kier molecular flexibility index (Phi) is 2.19. The summed E-state index contributed by atoms with van der Waals surface area (Å²) >= 11 is 0. The Hall–Kier alpha value is -4.24. The van der Waals surface area contributed by atoms with Gasteiger partial charge < -0.3 is 9.80 Å². The van der Waals surface area contributed by atoms with Gasteiger partial charge in [0.15, 0.2) is 0 Å². The molecular weight excluding hydrogens is 603 g/mol. The minimum Gasteiger partial charge on any atom is -0.311 e. The maximum atomic E-state index is 10.3. The molecule has 0 bridgehead atoms. The van der Waals surface area contributed by atoms with Crippen LogP contribution in [-0.4, -0.2) is 6.71 Å². The standard InChI is InChI=1S/C47H55BN2/c1-30-26-41-43-42(27-30)50(36-22-16-32(17-23-36)45(5,6)7)40-25-19-34(47(11,12)13)29-38(40)48(43)37-28-33(46(8,9)10)18-24-39(37)49(41)35-20-14-31(15-21-35)44(2,3)4/h14-29H,1-13H3/i1D3,2D3,3D3,4D3,5D3,8D3,9D3,10D3,11D3,12D3,14D,15D,16D,17D,18D,19D,20D,21D,22D,23D,24D,25D,26D,27D,28D,29D. The highest BCUT2D eigenvalue weighted by molar-refractivity contribution is 7.00. The fraction of sp³-hybridized carbons (Fsp3) is 0.362. The summed E-state index contributed by atoms with van der Waals surface area (Å²) in [7, 11) is 0. The molecule has 0 amide bonds. The topological polar surface area (TPSA) is 6.48 Å². The predicted octanol–water partition coefficient (Wildman–Crippen LogP) is 11.3. The first-order valence-electron chi connectivity index (χ1n) is 37.7. The van der Waals surface area contributed by atoms with Crippen LogP contribution in [0.25, 0.3) is 0 Å². The summed E-state index contributed by atoms with van der Waals surface area (Å²) in [5.41, 5.74) is -36.3. The Bertz CT molecular complexity index is 3950. The molecule has 0 saturated heterocycles. The number of hydrogen-bond acceptors (Lipinski definition) is 2. The highest BCUT2D eigenvalue weighted by Gasteiger charge is 2.44. The quantitative estimate of drug-likeness (QED) is 0.165. The van der Waals surface area contributed by atoms with Crippen molar-refractivity contribution in [3.8, 4) is 0 Å². The molecule has 3 heteroatoms. The summed E-state index contributed by atoms with van der Waals surface area (Å²) in [5, 5.41) is 0. The third-order valence-electron chi connectivity index (χ3n) is 7.94. The van der Waals surface area contributed by atoms with E-state index in [1.807, 2.05) is 0 Å². The van der Waals surface area contributed by atoms with Crippen molar-refractivity contribution in [2.75, 3.05) is 9.80 Å². The van der Waals surface area contributed by atoms with E-state index < -0.39 is 272 Å². The van der Waals surface area contributed by atoms with Crippen molar-refractivity contribution >= 4 is 57.2 Å². The van der Waals surface area contributed by atoms with Gasteiger partial charge in [0.05, 0.1) is 21.9 Å². The van der Waals surface area contributed by atoms with E-state index >= 15 is 0 Å². The second-order valence-corrected chi connectivity index (χ2v) is 12.6. The molecule has 5 aromatic rings. The van der Waals surface area contributed by atoms with Crippen molar-refractivity contribution in [3.05, 3.63) is 124 Å². The molecule has 0 fully saturated rings. The molecule has 256 valence electrons. The number of hydrogen-bond donors (Lipinski definition) is 0. The van der Waals surface area contributed by atoms with Gasteiger partial charge in [-0.2, -0.15) is 0 Å². The molecule has 0 atom stereocenters. The zero-order valence-electron chi connectivity index (χ0n) is 72.5. The Morgan fingerprint density at radius 3 is 1.30 bits per heavy atom. The van der Waals surface area contributed by atoms with Gasteiger partial charge in [0.1, 0.15) is 0 Å². The van der Waals surface area contributed by atoms with Crippen molar-refractivity contribution in [2.45, 2.75) is 111 Å². The first-order valence-corrected chi connectivity index (χ1v) is 14.7. The summed E-state index contributed by atoms with van der Waals surface area (Å²) in [6.45, 7) is -42.6. The van der Waals surface area contributed by atoms with Crippen LogP contribution in [0.5, 0.6) is 0 Å². The van der Waals surface area contributed by atoms with E-state index in [1.54, 1.807) is 0 Å². The average molecular weight is 705 g/mol. The van der Waals surface area contributed by atoms with Crippen molar-refractivity contribution in [1.29, 1.82) is 0 Å². The van der Waals surface area contributed by atoms with Gasteiger partial charge in [0, 0.05) is 75.2 Å². The van der Waals surface area contributed by atoms with Crippen LogP contribution in [0.4, 0.5) is 34.1 Å². The van der Waals surface area contributed by atoms with Gasteiger partial charge in [-0.15, -0.1) is 0 Å². The van der Waals surface area contributed by atoms with Crippen molar-refractivity contribution in [1.82, 2.24) is 0 Å². The predicted molar refractivity (Wildman–Crippen MR) is 220 cm³/mol. The van der Waals surface area contributed by atoms with Crippen LogP contribution < -0.4 is 26.2 Å². The van der Waals surface area contributed by atoms with Gasteiger partial charge in [0.25, 0.3) is 6.71 Å². The molecule has 0 aliphatic carbocycles. The fourth-order valence-electron chi connectivity index (χ4n) is 5.62. The summed E-state index contributed by atoms with van der Waals surface area (Å²) in [5.74, 6) is 0. The van der Waals surface area contributed by atoms with Crippen LogP contribution in [-0.2, 0) is 21.7 Å². The van der Waals surface area contributed by atoms with E-state index in [2.05, 4.69) is 0 Å². The average Bonchev–Trinajstić information content (AvgIpc) is 0.663. The number of benzene rings is 5. The van der Waals surface area contributed by atoms with E-state index in [-0.39, 0.29) is 9.80 Å². The maximum absolute atomic E-state index is 10.3. The summed E-state index contributed by atoms with van der Waals surface area (Å²) < 4.78 is 415. The van der Waals surface area contributed by atoms with Gasteiger partial charge in [0.2, 0.25) is 0 Å². The summed E-state index contributed by atoms with van der Waals surface area (Å²) in [4.78, 5) is 0.206. The Morgan fingerprint density at radius 1 is 0.460 bits per heavy atom. The highest BCUT2D eigenvalue weighted by atomic mass is 15.2. The van der Waals surface area contributed by atoms with Crippen LogP contribution in [0, 0.1) is 6.85 Å². The third-order valence-corrected chi connectivity index (χ3v) is 7.94. The summed E-state index contributed by atoms with van der Waals surface area (Å²) in [6.07, 6.45) is 0. The van der Waals surface area contributed by atoms with Crippen LogP contribution >= 0.6 is 0 Å². The molecule has 2 aliphatic rings. The van der Waals surface area contributed by atoms with Crippen LogP contribution in [0.1, 0.15) is 173 Å². The van der Waals surface area contributed by atoms with Gasteiger partial charge in [-0.05, 0) is 121 Å². The Balaban J connectivity index is 2.06. The molecule has 0 saturated carbocycles. The molecule has 2 heterocycles. The number of nitrogens with zero attached hydrogens (tertiary/aromatic N) is 2. The Morgan fingerprint density at radius 2 is 0.860 bits per heavy atom. The molecule has 50 heavy (non-hydrogen) atoms. The van der Waals surface area contributed by atoms with E-state index in [0.29, 0.717) is 6.92 Å². The monoisotopic (exact) mass is 705 g/mol. The molecule has 0 unspecified atom stereocenters. The maximum Gasteiger partial charge on any atom is 0.252 e. The lowest BCUT2D eigenvalue weighted by atomic mass is 9.33. The van der Waals surface area contributed by atoms with Crippen LogP contribution in [0.2, 0.25) is 0 Å². The third kappa shape index (κ3) is 5.77. The molecule has 0 aromatic heterocycles. The second kappa shape index (κ2) is 11.4. The van der Waals surface area contributed by atoms with Gasteiger partial charge in [-0.1, -0.05) is 131 Å². The lowest BCUT2D eigenvalue weighted by Crippen LogP contribution is -2.61. The van der Waals surface area contributed by atoms with E-state index in [0.717, 1.165) is 13.8 Å². The van der Waals surface area contributed by atoms with Crippen LogP contribution in [0.3, 0.4) is 0 Å². The molecule has 5 aromatic carbocycles. The van der Waals surface area contributed by atoms with Crippen molar-refractivity contribution in [2.24, 2.45) is 0 Å². The lowest BCUT2D eigenvalue weighted by Gasteiger charge is -2.45. The smallest absolute Gasteiger partial charge is 0.252 e. The normalized spacial score (nSPS) is 30.3. The SMILES string of the molecule is [2H]c1c([2H])c(C(C)(C)C([2H])([2H])[2H])c([2H])c([2H])c1N1c2c([2H])c([2H])c(C(C)(C([2H])([2H])[2H])C([2H])([2H])[2H])c([2H])c2B2c3c([2H])c(C(C([2H])([2H])[2H])(C([2H])([2H])[2H])C([2H])([2H])[2H])c([2H])c([2H])c3N(c3c([2H])c([2H])c(C(C([2H])([2H])[2H])(C([2H])([2H])[2H])C([2H])([2H])[2H])c([2H])c3[2H])c3c([2H])c(C([2H])([2H])[2H])c([2H])c1c32. The van der Waals surface area contributed by atoms with Gasteiger partial charge >= 0.3 is 0 Å². The zero-order valence-corrected chi connectivity index (χ0v) is 26.5. The first-order chi connectivity index (χ1) is 42.4. The van der Waals surface area contributed by atoms with E-state index in [1.165, 1.54) is 0 Å². The highest BCUT2D eigenvalue weighted by Crippen LogP contribution is 2.46. The molecule has 7 rings (SSSR count). The first kappa shape index (κ1) is 9.59. The van der Waals surface area contributed by atoms with Crippen molar-refractivity contribution in [3.63, 3.8) is 0 Å². The van der Waals surface area contributed by atoms with Gasteiger partial charge in [-0.3, -0.25) is 0 Å². The largest absolute Gasteiger partial charge is 0.311 e. The molecular formula is C47H55BN2. The number of anilines is 6. The molecule has 0 spiro atoms. The zero-order chi connectivity index (χ0) is 75.1. The molecule has 0 radical (unpaired) electrons. The van der Waals surface area contributed by atoms with Crippen LogP contribution in [0.15, 0.2) is 96.7 Å². The number of fused-ring (bicyclic) bond motifs is 4. The minimum atomic E-state index is -4.63. The second-order valence-electron chi connectivity index (χ2n) is 12.6. The molecule has 2 nitrogen and oxygen atoms in total.